The number of hydrogen-bond donors (Lipinski definition) is 1. The van der Waals surface area contributed by atoms with E-state index in [2.05, 4.69) is 17.4 Å². The van der Waals surface area contributed by atoms with E-state index in [9.17, 15) is 4.79 Å². The Morgan fingerprint density at radius 3 is 2.84 bits per heavy atom. The molecule has 2 unspecified atom stereocenters. The van der Waals surface area contributed by atoms with Crippen molar-refractivity contribution in [3.05, 3.63) is 35.9 Å². The highest BCUT2D eigenvalue weighted by molar-refractivity contribution is 5.77. The molecule has 104 valence electrons. The molecule has 1 fully saturated rings. The molecule has 0 aliphatic carbocycles. The molecule has 4 heteroatoms. The van der Waals surface area contributed by atoms with E-state index in [0.717, 1.165) is 5.56 Å². The number of benzene rings is 1. The molecule has 1 amide bonds. The van der Waals surface area contributed by atoms with Crippen molar-refractivity contribution >= 4 is 5.91 Å². The zero-order valence-corrected chi connectivity index (χ0v) is 11.6. The molecule has 0 bridgehead atoms. The monoisotopic (exact) mass is 262 g/mol. The molecule has 1 aliphatic rings. The summed E-state index contributed by atoms with van der Waals surface area (Å²) < 4.78 is 5.72. The van der Waals surface area contributed by atoms with Crippen LogP contribution in [0.5, 0.6) is 0 Å². The van der Waals surface area contributed by atoms with Gasteiger partial charge in [0, 0.05) is 19.5 Å². The molecule has 1 saturated heterocycles. The average molecular weight is 262 g/mol. The molecule has 0 saturated carbocycles. The quantitative estimate of drug-likeness (QED) is 0.896. The highest BCUT2D eigenvalue weighted by atomic mass is 16.5. The third kappa shape index (κ3) is 3.55. The number of hydrogen-bond acceptors (Lipinski definition) is 3. The zero-order valence-electron chi connectivity index (χ0n) is 11.6. The lowest BCUT2D eigenvalue weighted by Crippen LogP contribution is -2.47. The first-order valence-corrected chi connectivity index (χ1v) is 6.83. The van der Waals surface area contributed by atoms with Crippen molar-refractivity contribution < 1.29 is 9.53 Å². The van der Waals surface area contributed by atoms with Crippen LogP contribution in [-0.4, -0.2) is 43.7 Å². The van der Waals surface area contributed by atoms with Crippen LogP contribution >= 0.6 is 0 Å². The summed E-state index contributed by atoms with van der Waals surface area (Å²) >= 11 is 0. The van der Waals surface area contributed by atoms with Crippen molar-refractivity contribution in [3.8, 4) is 0 Å². The molecule has 1 N–H and O–H groups in total. The summed E-state index contributed by atoms with van der Waals surface area (Å²) in [6.07, 6.45) is 0.644. The number of ether oxygens (including phenoxy) is 1. The SMILES string of the molecule is CNCCC(=O)N1CC(C)OCC1c1ccccc1. The molecule has 0 aromatic heterocycles. The van der Waals surface area contributed by atoms with Crippen LogP contribution < -0.4 is 5.32 Å². The van der Waals surface area contributed by atoms with Gasteiger partial charge in [-0.05, 0) is 19.5 Å². The molecule has 2 rings (SSSR count). The second-order valence-electron chi connectivity index (χ2n) is 4.97. The number of nitrogens with zero attached hydrogens (tertiary/aromatic N) is 1. The number of carbonyl (C=O) groups excluding carboxylic acids is 1. The Kier molecular flexibility index (Phi) is 4.93. The van der Waals surface area contributed by atoms with Crippen molar-refractivity contribution in [2.75, 3.05) is 26.7 Å². The summed E-state index contributed by atoms with van der Waals surface area (Å²) in [7, 11) is 1.86. The number of amides is 1. The number of morpholine rings is 1. The van der Waals surface area contributed by atoms with Gasteiger partial charge in [-0.15, -0.1) is 0 Å². The Balaban J connectivity index is 2.13. The second-order valence-corrected chi connectivity index (χ2v) is 4.97. The van der Waals surface area contributed by atoms with Crippen molar-refractivity contribution in [2.24, 2.45) is 0 Å². The summed E-state index contributed by atoms with van der Waals surface area (Å²) in [5.74, 6) is 0.193. The van der Waals surface area contributed by atoms with E-state index in [0.29, 0.717) is 26.1 Å². The number of rotatable bonds is 4. The van der Waals surface area contributed by atoms with Gasteiger partial charge in [0.1, 0.15) is 0 Å². The Bertz CT molecular complexity index is 408. The van der Waals surface area contributed by atoms with Gasteiger partial charge < -0.3 is 15.0 Å². The van der Waals surface area contributed by atoms with E-state index < -0.39 is 0 Å². The number of carbonyl (C=O) groups is 1. The van der Waals surface area contributed by atoms with Gasteiger partial charge in [-0.1, -0.05) is 30.3 Å². The maximum absolute atomic E-state index is 12.3. The first kappa shape index (κ1) is 14.0. The van der Waals surface area contributed by atoms with Crippen molar-refractivity contribution in [1.29, 1.82) is 0 Å². The van der Waals surface area contributed by atoms with Crippen molar-refractivity contribution in [2.45, 2.75) is 25.5 Å². The van der Waals surface area contributed by atoms with E-state index in [-0.39, 0.29) is 18.1 Å². The number of nitrogens with one attached hydrogen (secondary N) is 1. The third-order valence-electron chi connectivity index (χ3n) is 3.46. The molecular formula is C15H22N2O2. The predicted molar refractivity (Wildman–Crippen MR) is 74.9 cm³/mol. The third-order valence-corrected chi connectivity index (χ3v) is 3.46. The first-order valence-electron chi connectivity index (χ1n) is 6.83. The van der Waals surface area contributed by atoms with Crippen molar-refractivity contribution in [3.63, 3.8) is 0 Å². The van der Waals surface area contributed by atoms with Crippen LogP contribution in [0.3, 0.4) is 0 Å². The highest BCUT2D eigenvalue weighted by Gasteiger charge is 2.30. The zero-order chi connectivity index (χ0) is 13.7. The van der Waals surface area contributed by atoms with Crippen LogP contribution in [0.2, 0.25) is 0 Å². The Morgan fingerprint density at radius 1 is 1.42 bits per heavy atom. The molecule has 4 nitrogen and oxygen atoms in total. The van der Waals surface area contributed by atoms with Crippen LogP contribution in [0.4, 0.5) is 0 Å². The molecule has 19 heavy (non-hydrogen) atoms. The predicted octanol–water partition coefficient (Wildman–Crippen LogP) is 1.58. The van der Waals surface area contributed by atoms with Crippen LogP contribution in [0.15, 0.2) is 30.3 Å². The van der Waals surface area contributed by atoms with Gasteiger partial charge in [-0.25, -0.2) is 0 Å². The van der Waals surface area contributed by atoms with Crippen molar-refractivity contribution in [1.82, 2.24) is 10.2 Å². The minimum atomic E-state index is 0.0433. The average Bonchev–Trinajstić information content (AvgIpc) is 2.45. The second kappa shape index (κ2) is 6.68. The Labute approximate surface area is 114 Å². The summed E-state index contributed by atoms with van der Waals surface area (Å²) in [5, 5.41) is 3.02. The minimum absolute atomic E-state index is 0.0433. The van der Waals surface area contributed by atoms with E-state index >= 15 is 0 Å². The van der Waals surface area contributed by atoms with Gasteiger partial charge in [0.05, 0.1) is 18.8 Å². The van der Waals surface area contributed by atoms with E-state index in [1.165, 1.54) is 0 Å². The van der Waals surface area contributed by atoms with E-state index in [1.807, 2.05) is 37.1 Å². The molecule has 1 aromatic rings. The largest absolute Gasteiger partial charge is 0.374 e. The molecule has 0 spiro atoms. The van der Waals surface area contributed by atoms with Gasteiger partial charge in [0.25, 0.3) is 0 Å². The fourth-order valence-electron chi connectivity index (χ4n) is 2.40. The topological polar surface area (TPSA) is 41.6 Å². The van der Waals surface area contributed by atoms with Gasteiger partial charge in [0.2, 0.25) is 5.91 Å². The molecule has 1 aliphatic heterocycles. The van der Waals surface area contributed by atoms with Crippen LogP contribution in [-0.2, 0) is 9.53 Å². The standard InChI is InChI=1S/C15H22N2O2/c1-12-10-17(15(18)8-9-16-2)14(11-19-12)13-6-4-3-5-7-13/h3-7,12,14,16H,8-11H2,1-2H3. The highest BCUT2D eigenvalue weighted by Crippen LogP contribution is 2.26. The molecule has 0 radical (unpaired) electrons. The Morgan fingerprint density at radius 2 is 2.16 bits per heavy atom. The molecule has 1 heterocycles. The summed E-state index contributed by atoms with van der Waals surface area (Å²) in [6, 6.07) is 10.2. The normalized spacial score (nSPS) is 23.4. The molecule has 1 aromatic carbocycles. The summed E-state index contributed by atoms with van der Waals surface area (Å²) in [6.45, 7) is 3.98. The molecular weight excluding hydrogens is 240 g/mol. The first-order chi connectivity index (χ1) is 9.22. The summed E-state index contributed by atoms with van der Waals surface area (Å²) in [5.41, 5.74) is 1.15. The summed E-state index contributed by atoms with van der Waals surface area (Å²) in [4.78, 5) is 14.3. The maximum Gasteiger partial charge on any atom is 0.224 e. The van der Waals surface area contributed by atoms with Gasteiger partial charge in [-0.2, -0.15) is 0 Å². The fourth-order valence-corrected chi connectivity index (χ4v) is 2.40. The van der Waals surface area contributed by atoms with E-state index in [1.54, 1.807) is 0 Å². The lowest BCUT2D eigenvalue weighted by atomic mass is 10.0. The van der Waals surface area contributed by atoms with Crippen LogP contribution in [0.1, 0.15) is 24.9 Å². The van der Waals surface area contributed by atoms with Crippen LogP contribution in [0, 0.1) is 0 Å². The van der Waals surface area contributed by atoms with Gasteiger partial charge >= 0.3 is 0 Å². The lowest BCUT2D eigenvalue weighted by molar-refractivity contribution is -0.144. The fraction of sp³-hybridized carbons (Fsp3) is 0.533. The molecule has 2 atom stereocenters. The van der Waals surface area contributed by atoms with E-state index in [4.69, 9.17) is 4.74 Å². The lowest BCUT2D eigenvalue weighted by Gasteiger charge is -2.39. The maximum atomic E-state index is 12.3. The smallest absolute Gasteiger partial charge is 0.224 e. The van der Waals surface area contributed by atoms with Crippen LogP contribution in [0.25, 0.3) is 0 Å². The minimum Gasteiger partial charge on any atom is -0.374 e. The Hall–Kier alpha value is -1.39. The van der Waals surface area contributed by atoms with Gasteiger partial charge in [-0.3, -0.25) is 4.79 Å². The van der Waals surface area contributed by atoms with Gasteiger partial charge in [0.15, 0.2) is 0 Å².